The first-order chi connectivity index (χ1) is 11.0. The van der Waals surface area contributed by atoms with Crippen molar-refractivity contribution in [1.82, 2.24) is 19.4 Å². The zero-order chi connectivity index (χ0) is 16.6. The van der Waals surface area contributed by atoms with E-state index >= 15 is 0 Å². The van der Waals surface area contributed by atoms with Gasteiger partial charge in [-0.3, -0.25) is 19.0 Å². The van der Waals surface area contributed by atoms with Gasteiger partial charge in [0.25, 0.3) is 0 Å². The Morgan fingerprint density at radius 3 is 2.61 bits per heavy atom. The van der Waals surface area contributed by atoms with Crippen molar-refractivity contribution in [3.05, 3.63) is 44.7 Å². The third-order valence-corrected chi connectivity index (χ3v) is 4.09. The number of H-pyrrole nitrogens is 1. The van der Waals surface area contributed by atoms with Crippen LogP contribution < -0.4 is 11.1 Å². The predicted molar refractivity (Wildman–Crippen MR) is 82.9 cm³/mol. The number of hydrogen-bond acceptors (Lipinski definition) is 4. The van der Waals surface area contributed by atoms with Gasteiger partial charge in [-0.2, -0.15) is 0 Å². The minimum absolute atomic E-state index is 0.195. The van der Waals surface area contributed by atoms with Crippen LogP contribution >= 0.6 is 0 Å². The lowest BCUT2D eigenvalue weighted by Gasteiger charge is -2.32. The van der Waals surface area contributed by atoms with E-state index in [1.54, 1.807) is 4.90 Å². The minimum atomic E-state index is -0.866. The van der Waals surface area contributed by atoms with E-state index in [0.717, 1.165) is 23.7 Å². The Kier molecular flexibility index (Phi) is 3.99. The summed E-state index contributed by atoms with van der Waals surface area (Å²) in [5.41, 5.74) is -1.15. The number of carbonyl (C=O) groups is 1. The highest BCUT2D eigenvalue weighted by molar-refractivity contribution is 5.80. The molecule has 3 rings (SSSR count). The number of aromatic nitrogens is 2. The molecule has 2 aromatic rings. The summed E-state index contributed by atoms with van der Waals surface area (Å²) in [7, 11) is 1.98. The maximum atomic E-state index is 13.3. The minimum Gasteiger partial charge on any atom is -0.339 e. The summed E-state index contributed by atoms with van der Waals surface area (Å²) in [5.74, 6) is -0.750. The van der Waals surface area contributed by atoms with Crippen LogP contribution in [-0.4, -0.2) is 58.5 Å². The van der Waals surface area contributed by atoms with Crippen molar-refractivity contribution in [2.75, 3.05) is 33.2 Å². The van der Waals surface area contributed by atoms with Gasteiger partial charge in [-0.05, 0) is 25.2 Å². The third kappa shape index (κ3) is 3.02. The van der Waals surface area contributed by atoms with Crippen molar-refractivity contribution >= 4 is 16.9 Å². The van der Waals surface area contributed by atoms with Crippen LogP contribution in [0, 0.1) is 5.82 Å². The average molecular weight is 320 g/mol. The lowest BCUT2D eigenvalue weighted by atomic mass is 10.2. The van der Waals surface area contributed by atoms with Crippen LogP contribution in [0.1, 0.15) is 0 Å². The van der Waals surface area contributed by atoms with Gasteiger partial charge in [0.1, 0.15) is 12.4 Å². The molecule has 1 aliphatic heterocycles. The van der Waals surface area contributed by atoms with E-state index in [1.807, 2.05) is 7.05 Å². The molecule has 122 valence electrons. The molecule has 7 nitrogen and oxygen atoms in total. The van der Waals surface area contributed by atoms with Crippen LogP contribution in [0.4, 0.5) is 4.39 Å². The molecule has 2 heterocycles. The number of piperazine rings is 1. The highest BCUT2D eigenvalue weighted by Gasteiger charge is 2.20. The molecule has 1 aromatic heterocycles. The summed E-state index contributed by atoms with van der Waals surface area (Å²) in [6.07, 6.45) is 0. The zero-order valence-corrected chi connectivity index (χ0v) is 12.7. The molecule has 0 spiro atoms. The lowest BCUT2D eigenvalue weighted by molar-refractivity contribution is -0.133. The average Bonchev–Trinajstić information content (AvgIpc) is 2.52. The van der Waals surface area contributed by atoms with Gasteiger partial charge < -0.3 is 14.8 Å². The molecule has 1 N–H and O–H groups in total. The number of nitrogens with one attached hydrogen (secondary N) is 1. The van der Waals surface area contributed by atoms with Crippen molar-refractivity contribution in [3.63, 3.8) is 0 Å². The molecule has 0 aliphatic carbocycles. The SMILES string of the molecule is CN1CCN(C(=O)Cn2c(=O)c(=O)[nH]c3cc(F)ccc32)CC1. The van der Waals surface area contributed by atoms with Crippen molar-refractivity contribution in [1.29, 1.82) is 0 Å². The molecule has 1 saturated heterocycles. The van der Waals surface area contributed by atoms with Crippen LogP contribution in [0.15, 0.2) is 27.8 Å². The van der Waals surface area contributed by atoms with Gasteiger partial charge in [0.05, 0.1) is 11.0 Å². The molecule has 0 radical (unpaired) electrons. The number of halogens is 1. The maximum absolute atomic E-state index is 13.3. The van der Waals surface area contributed by atoms with Crippen molar-refractivity contribution in [3.8, 4) is 0 Å². The second-order valence-corrected chi connectivity index (χ2v) is 5.69. The highest BCUT2D eigenvalue weighted by atomic mass is 19.1. The summed E-state index contributed by atoms with van der Waals surface area (Å²) < 4.78 is 14.4. The second-order valence-electron chi connectivity index (χ2n) is 5.69. The highest BCUT2D eigenvalue weighted by Crippen LogP contribution is 2.11. The van der Waals surface area contributed by atoms with E-state index in [4.69, 9.17) is 0 Å². The van der Waals surface area contributed by atoms with Gasteiger partial charge in [-0.1, -0.05) is 0 Å². The van der Waals surface area contributed by atoms with Crippen molar-refractivity contribution in [2.24, 2.45) is 0 Å². The van der Waals surface area contributed by atoms with Gasteiger partial charge in [0.2, 0.25) is 5.91 Å². The molecule has 1 amide bonds. The van der Waals surface area contributed by atoms with E-state index in [0.29, 0.717) is 18.6 Å². The number of hydrogen-bond donors (Lipinski definition) is 1. The Morgan fingerprint density at radius 2 is 1.91 bits per heavy atom. The van der Waals surface area contributed by atoms with Crippen LogP contribution in [-0.2, 0) is 11.3 Å². The largest absolute Gasteiger partial charge is 0.339 e. The first kappa shape index (κ1) is 15.4. The van der Waals surface area contributed by atoms with Crippen LogP contribution in [0.5, 0.6) is 0 Å². The molecule has 23 heavy (non-hydrogen) atoms. The molecule has 0 unspecified atom stereocenters. The number of benzene rings is 1. The third-order valence-electron chi connectivity index (χ3n) is 4.09. The Bertz CT molecular complexity index is 865. The van der Waals surface area contributed by atoms with E-state index in [1.165, 1.54) is 12.1 Å². The predicted octanol–water partition coefficient (Wildman–Crippen LogP) is -0.397. The van der Waals surface area contributed by atoms with E-state index in [-0.39, 0.29) is 18.0 Å². The van der Waals surface area contributed by atoms with Crippen molar-refractivity contribution < 1.29 is 9.18 Å². The van der Waals surface area contributed by atoms with Crippen LogP contribution in [0.25, 0.3) is 11.0 Å². The standard InChI is InChI=1S/C15H17FN4O3/c1-18-4-6-19(7-5-18)13(21)9-20-12-3-2-10(16)8-11(12)17-14(22)15(20)23/h2-3,8H,4-7,9H2,1H3,(H,17,22). The fraction of sp³-hybridized carbons (Fsp3) is 0.400. The van der Waals surface area contributed by atoms with Gasteiger partial charge in [0, 0.05) is 26.2 Å². The molecular weight excluding hydrogens is 303 g/mol. The van der Waals surface area contributed by atoms with E-state index in [9.17, 15) is 18.8 Å². The number of nitrogens with zero attached hydrogens (tertiary/aromatic N) is 3. The molecule has 0 atom stereocenters. The maximum Gasteiger partial charge on any atom is 0.317 e. The summed E-state index contributed by atoms with van der Waals surface area (Å²) in [6.45, 7) is 2.47. The van der Waals surface area contributed by atoms with E-state index in [2.05, 4.69) is 9.88 Å². The monoisotopic (exact) mass is 320 g/mol. The number of amides is 1. The summed E-state index contributed by atoms with van der Waals surface area (Å²) >= 11 is 0. The first-order valence-electron chi connectivity index (χ1n) is 7.34. The van der Waals surface area contributed by atoms with E-state index < -0.39 is 16.9 Å². The fourth-order valence-electron chi connectivity index (χ4n) is 2.70. The molecule has 8 heteroatoms. The molecule has 1 fully saturated rings. The number of likely N-dealkylation sites (N-methyl/N-ethyl adjacent to an activating group) is 1. The zero-order valence-electron chi connectivity index (χ0n) is 12.7. The molecule has 0 saturated carbocycles. The molecule has 1 aliphatic rings. The topological polar surface area (TPSA) is 78.4 Å². The Labute approximate surface area is 130 Å². The Morgan fingerprint density at radius 1 is 1.22 bits per heavy atom. The first-order valence-corrected chi connectivity index (χ1v) is 7.34. The van der Waals surface area contributed by atoms with Gasteiger partial charge in [-0.15, -0.1) is 0 Å². The van der Waals surface area contributed by atoms with Gasteiger partial charge in [-0.25, -0.2) is 4.39 Å². The number of rotatable bonds is 2. The number of aromatic amines is 1. The van der Waals surface area contributed by atoms with Crippen molar-refractivity contribution in [2.45, 2.75) is 6.54 Å². The molecular formula is C15H17FN4O3. The molecule has 0 bridgehead atoms. The number of fused-ring (bicyclic) bond motifs is 1. The summed E-state index contributed by atoms with van der Waals surface area (Å²) in [6, 6.07) is 3.71. The Hall–Kier alpha value is -2.48. The van der Waals surface area contributed by atoms with Crippen LogP contribution in [0.3, 0.4) is 0 Å². The Balaban J connectivity index is 1.96. The summed E-state index contributed by atoms with van der Waals surface area (Å²) in [5, 5.41) is 0. The van der Waals surface area contributed by atoms with Gasteiger partial charge in [0.15, 0.2) is 0 Å². The quantitative estimate of drug-likeness (QED) is 0.764. The normalized spacial score (nSPS) is 16.0. The second kappa shape index (κ2) is 5.96. The van der Waals surface area contributed by atoms with Gasteiger partial charge >= 0.3 is 11.1 Å². The number of carbonyl (C=O) groups excluding carboxylic acids is 1. The van der Waals surface area contributed by atoms with Crippen LogP contribution in [0.2, 0.25) is 0 Å². The lowest BCUT2D eigenvalue weighted by Crippen LogP contribution is -2.49. The smallest absolute Gasteiger partial charge is 0.317 e. The fourth-order valence-corrected chi connectivity index (χ4v) is 2.70. The molecule has 1 aromatic carbocycles. The summed E-state index contributed by atoms with van der Waals surface area (Å²) in [4.78, 5) is 42.3.